The van der Waals surface area contributed by atoms with Crippen LogP contribution in [0.5, 0.6) is 0 Å². The molecule has 1 aromatic rings. The minimum absolute atomic E-state index is 0.135. The van der Waals surface area contributed by atoms with Gasteiger partial charge in [0.05, 0.1) is 12.7 Å². The Hall–Kier alpha value is -1.64. The SMILES string of the molecule is CC[C@@]12CCC(=O)CC1CCc1cc(C(=O)OC)ccc12. The molecule has 2 aliphatic carbocycles. The van der Waals surface area contributed by atoms with Gasteiger partial charge in [-0.25, -0.2) is 4.79 Å². The van der Waals surface area contributed by atoms with Crippen molar-refractivity contribution in [1.82, 2.24) is 0 Å². The van der Waals surface area contributed by atoms with E-state index in [4.69, 9.17) is 4.74 Å². The lowest BCUT2D eigenvalue weighted by atomic mass is 9.56. The predicted octanol–water partition coefficient (Wildman–Crippen LogP) is 3.44. The highest BCUT2D eigenvalue weighted by molar-refractivity contribution is 5.89. The van der Waals surface area contributed by atoms with Crippen LogP contribution in [0, 0.1) is 5.92 Å². The van der Waals surface area contributed by atoms with Crippen molar-refractivity contribution in [3.63, 3.8) is 0 Å². The van der Waals surface area contributed by atoms with Gasteiger partial charge in [0.2, 0.25) is 0 Å². The maximum Gasteiger partial charge on any atom is 0.337 e. The maximum absolute atomic E-state index is 11.8. The molecular formula is C18H22O3. The van der Waals surface area contributed by atoms with Gasteiger partial charge in [-0.05, 0) is 60.3 Å². The number of carbonyl (C=O) groups excluding carboxylic acids is 2. The monoisotopic (exact) mass is 286 g/mol. The van der Waals surface area contributed by atoms with Gasteiger partial charge in [-0.1, -0.05) is 13.0 Å². The Labute approximate surface area is 125 Å². The lowest BCUT2D eigenvalue weighted by Gasteiger charge is -2.48. The molecule has 0 radical (unpaired) electrons. The van der Waals surface area contributed by atoms with Gasteiger partial charge in [0.25, 0.3) is 0 Å². The predicted molar refractivity (Wildman–Crippen MR) is 80.4 cm³/mol. The molecular weight excluding hydrogens is 264 g/mol. The number of hydrogen-bond donors (Lipinski definition) is 0. The van der Waals surface area contributed by atoms with E-state index in [2.05, 4.69) is 13.0 Å². The quantitative estimate of drug-likeness (QED) is 0.782. The molecule has 1 aromatic carbocycles. The fourth-order valence-electron chi connectivity index (χ4n) is 4.39. The number of Topliss-reactive ketones (excluding diaryl/α,β-unsaturated/α-hetero) is 1. The van der Waals surface area contributed by atoms with Gasteiger partial charge in [0.15, 0.2) is 0 Å². The average molecular weight is 286 g/mol. The molecule has 0 heterocycles. The summed E-state index contributed by atoms with van der Waals surface area (Å²) in [4.78, 5) is 23.5. The number of hydrogen-bond acceptors (Lipinski definition) is 3. The van der Waals surface area contributed by atoms with Crippen molar-refractivity contribution in [2.75, 3.05) is 7.11 Å². The molecule has 0 spiro atoms. The highest BCUT2D eigenvalue weighted by Crippen LogP contribution is 2.51. The van der Waals surface area contributed by atoms with E-state index in [9.17, 15) is 9.59 Å². The molecule has 0 amide bonds. The first-order chi connectivity index (χ1) is 10.1. The molecule has 1 unspecified atom stereocenters. The summed E-state index contributed by atoms with van der Waals surface area (Å²) in [6.07, 6.45) is 5.46. The first kappa shape index (κ1) is 14.3. The van der Waals surface area contributed by atoms with Gasteiger partial charge in [0, 0.05) is 12.8 Å². The van der Waals surface area contributed by atoms with Crippen LogP contribution < -0.4 is 0 Å². The molecule has 3 rings (SSSR count). The molecule has 0 saturated heterocycles. The normalized spacial score (nSPS) is 27.7. The Morgan fingerprint density at radius 2 is 2.19 bits per heavy atom. The van der Waals surface area contributed by atoms with E-state index in [1.807, 2.05) is 12.1 Å². The highest BCUT2D eigenvalue weighted by Gasteiger charge is 2.46. The fourth-order valence-corrected chi connectivity index (χ4v) is 4.39. The van der Waals surface area contributed by atoms with Crippen molar-refractivity contribution >= 4 is 11.8 Å². The van der Waals surface area contributed by atoms with Gasteiger partial charge in [-0.3, -0.25) is 4.79 Å². The molecule has 112 valence electrons. The fraction of sp³-hybridized carbons (Fsp3) is 0.556. The molecule has 2 aliphatic rings. The third-order valence-electron chi connectivity index (χ3n) is 5.56. The summed E-state index contributed by atoms with van der Waals surface area (Å²) in [5, 5.41) is 0. The third kappa shape index (κ3) is 2.19. The number of ether oxygens (including phenoxy) is 1. The minimum Gasteiger partial charge on any atom is -0.465 e. The summed E-state index contributed by atoms with van der Waals surface area (Å²) in [5.74, 6) is 0.614. The first-order valence-electron chi connectivity index (χ1n) is 7.84. The molecule has 0 aromatic heterocycles. The molecule has 0 aliphatic heterocycles. The summed E-state index contributed by atoms with van der Waals surface area (Å²) in [6.45, 7) is 2.23. The van der Waals surface area contributed by atoms with Crippen LogP contribution in [-0.4, -0.2) is 18.9 Å². The second-order valence-electron chi connectivity index (χ2n) is 6.35. The molecule has 2 atom stereocenters. The molecule has 3 heteroatoms. The standard InChI is InChI=1S/C18H22O3/c1-3-18-9-8-15(19)11-14(18)6-4-12-10-13(17(20)21-2)5-7-16(12)18/h5,7,10,14H,3-4,6,8-9,11H2,1-2H3/t14?,18-/m1/s1. The second-order valence-corrected chi connectivity index (χ2v) is 6.35. The van der Waals surface area contributed by atoms with Crippen LogP contribution in [0.25, 0.3) is 0 Å². The van der Waals surface area contributed by atoms with Crippen molar-refractivity contribution in [1.29, 1.82) is 0 Å². The zero-order valence-electron chi connectivity index (χ0n) is 12.8. The zero-order chi connectivity index (χ0) is 15.0. The Bertz CT molecular complexity index is 590. The summed E-state index contributed by atoms with van der Waals surface area (Å²) in [7, 11) is 1.41. The van der Waals surface area contributed by atoms with E-state index in [-0.39, 0.29) is 11.4 Å². The Morgan fingerprint density at radius 3 is 2.90 bits per heavy atom. The van der Waals surface area contributed by atoms with E-state index in [0.29, 0.717) is 23.7 Å². The Balaban J connectivity index is 2.04. The van der Waals surface area contributed by atoms with E-state index in [1.54, 1.807) is 0 Å². The van der Waals surface area contributed by atoms with Crippen molar-refractivity contribution in [3.05, 3.63) is 34.9 Å². The third-order valence-corrected chi connectivity index (χ3v) is 5.56. The van der Waals surface area contributed by atoms with Crippen molar-refractivity contribution in [3.8, 4) is 0 Å². The van der Waals surface area contributed by atoms with Crippen LogP contribution in [-0.2, 0) is 21.4 Å². The zero-order valence-corrected chi connectivity index (χ0v) is 12.8. The smallest absolute Gasteiger partial charge is 0.337 e. The summed E-state index contributed by atoms with van der Waals surface area (Å²) >= 11 is 0. The van der Waals surface area contributed by atoms with Crippen molar-refractivity contribution in [2.24, 2.45) is 5.92 Å². The Morgan fingerprint density at radius 1 is 1.38 bits per heavy atom. The van der Waals surface area contributed by atoms with Crippen LogP contribution in [0.4, 0.5) is 0 Å². The van der Waals surface area contributed by atoms with Crippen molar-refractivity contribution in [2.45, 2.75) is 50.9 Å². The average Bonchev–Trinajstić information content (AvgIpc) is 2.53. The number of ketones is 1. The van der Waals surface area contributed by atoms with Crippen LogP contribution in [0.1, 0.15) is 60.5 Å². The number of carbonyl (C=O) groups is 2. The molecule has 3 nitrogen and oxygen atoms in total. The summed E-state index contributed by atoms with van der Waals surface area (Å²) in [6, 6.07) is 5.97. The van der Waals surface area contributed by atoms with E-state index in [1.165, 1.54) is 18.2 Å². The molecule has 0 bridgehead atoms. The lowest BCUT2D eigenvalue weighted by molar-refractivity contribution is -0.123. The minimum atomic E-state index is -0.274. The first-order valence-corrected chi connectivity index (χ1v) is 7.84. The highest BCUT2D eigenvalue weighted by atomic mass is 16.5. The van der Waals surface area contributed by atoms with E-state index >= 15 is 0 Å². The van der Waals surface area contributed by atoms with Crippen LogP contribution in [0.3, 0.4) is 0 Å². The number of benzene rings is 1. The molecule has 21 heavy (non-hydrogen) atoms. The number of methoxy groups -OCH3 is 1. The van der Waals surface area contributed by atoms with Crippen molar-refractivity contribution < 1.29 is 14.3 Å². The van der Waals surface area contributed by atoms with Crippen LogP contribution in [0.2, 0.25) is 0 Å². The van der Waals surface area contributed by atoms with Crippen LogP contribution >= 0.6 is 0 Å². The summed E-state index contributed by atoms with van der Waals surface area (Å²) < 4.78 is 4.82. The van der Waals surface area contributed by atoms with E-state index < -0.39 is 0 Å². The van der Waals surface area contributed by atoms with E-state index in [0.717, 1.165) is 32.1 Å². The van der Waals surface area contributed by atoms with Gasteiger partial charge in [0.1, 0.15) is 5.78 Å². The van der Waals surface area contributed by atoms with Crippen LogP contribution in [0.15, 0.2) is 18.2 Å². The molecule has 1 saturated carbocycles. The van der Waals surface area contributed by atoms with Gasteiger partial charge in [-0.2, -0.15) is 0 Å². The second kappa shape index (κ2) is 5.28. The number of aryl methyl sites for hydroxylation is 1. The molecule has 0 N–H and O–H groups in total. The topological polar surface area (TPSA) is 43.4 Å². The molecule has 1 fully saturated rings. The largest absolute Gasteiger partial charge is 0.465 e. The number of fused-ring (bicyclic) bond motifs is 3. The number of rotatable bonds is 2. The number of esters is 1. The van der Waals surface area contributed by atoms with Gasteiger partial charge in [-0.15, -0.1) is 0 Å². The summed E-state index contributed by atoms with van der Waals surface area (Å²) in [5.41, 5.74) is 3.40. The lowest BCUT2D eigenvalue weighted by Crippen LogP contribution is -2.43. The Kier molecular flexibility index (Phi) is 3.60. The van der Waals surface area contributed by atoms with Gasteiger partial charge < -0.3 is 4.74 Å². The maximum atomic E-state index is 11.8. The van der Waals surface area contributed by atoms with Gasteiger partial charge >= 0.3 is 5.97 Å².